The molecular formula is C17H27NO2S. The second kappa shape index (κ2) is 7.95. The third-order valence-electron chi connectivity index (χ3n) is 4.39. The quantitative estimate of drug-likeness (QED) is 0.824. The van der Waals surface area contributed by atoms with E-state index in [-0.39, 0.29) is 0 Å². The number of thioether (sulfide) groups is 1. The number of ether oxygens (including phenoxy) is 2. The molecule has 1 fully saturated rings. The molecule has 0 amide bonds. The molecule has 3 atom stereocenters. The molecule has 0 radical (unpaired) electrons. The van der Waals surface area contributed by atoms with E-state index in [9.17, 15) is 0 Å². The lowest BCUT2D eigenvalue weighted by Crippen LogP contribution is -2.36. The number of nitrogens with one attached hydrogen (secondary N) is 1. The summed E-state index contributed by atoms with van der Waals surface area (Å²) in [6.45, 7) is 2.23. The molecule has 1 saturated carbocycles. The van der Waals surface area contributed by atoms with Crippen molar-refractivity contribution in [3.63, 3.8) is 0 Å². The Balaban J connectivity index is 2.13. The summed E-state index contributed by atoms with van der Waals surface area (Å²) in [6, 6.07) is 7.24. The molecule has 3 unspecified atom stereocenters. The highest BCUT2D eigenvalue weighted by Gasteiger charge is 2.28. The highest BCUT2D eigenvalue weighted by molar-refractivity contribution is 7.99. The van der Waals surface area contributed by atoms with Crippen LogP contribution in [0.5, 0.6) is 11.5 Å². The maximum Gasteiger partial charge on any atom is 0.161 e. The van der Waals surface area contributed by atoms with E-state index in [4.69, 9.17) is 9.47 Å². The van der Waals surface area contributed by atoms with Crippen molar-refractivity contribution in [2.75, 3.05) is 20.5 Å². The van der Waals surface area contributed by atoms with Crippen molar-refractivity contribution >= 4 is 11.8 Å². The maximum absolute atomic E-state index is 5.43. The molecule has 0 heterocycles. The minimum Gasteiger partial charge on any atom is -0.493 e. The van der Waals surface area contributed by atoms with Crippen LogP contribution < -0.4 is 14.8 Å². The normalized spacial score (nSPS) is 23.0. The molecule has 0 aliphatic heterocycles. The summed E-state index contributed by atoms with van der Waals surface area (Å²) in [4.78, 5) is 0. The van der Waals surface area contributed by atoms with Gasteiger partial charge in [0.2, 0.25) is 0 Å². The summed E-state index contributed by atoms with van der Waals surface area (Å²) in [5, 5.41) is 4.60. The van der Waals surface area contributed by atoms with Gasteiger partial charge in [0.1, 0.15) is 0 Å². The molecule has 4 heteroatoms. The lowest BCUT2D eigenvalue weighted by atomic mass is 10.0. The van der Waals surface area contributed by atoms with E-state index in [1.807, 2.05) is 17.8 Å². The SMILES string of the molecule is CCC(NC1CCCC1SC)c1ccc(OC)c(OC)c1. The third-order valence-corrected chi connectivity index (χ3v) is 5.56. The van der Waals surface area contributed by atoms with Crippen molar-refractivity contribution in [2.45, 2.75) is 49.9 Å². The summed E-state index contributed by atoms with van der Waals surface area (Å²) < 4.78 is 10.8. The van der Waals surface area contributed by atoms with Gasteiger partial charge < -0.3 is 14.8 Å². The van der Waals surface area contributed by atoms with E-state index in [2.05, 4.69) is 30.6 Å². The lowest BCUT2D eigenvalue weighted by molar-refractivity contribution is 0.353. The zero-order chi connectivity index (χ0) is 15.2. The molecule has 0 bridgehead atoms. The topological polar surface area (TPSA) is 30.5 Å². The van der Waals surface area contributed by atoms with Crippen molar-refractivity contribution in [2.24, 2.45) is 0 Å². The van der Waals surface area contributed by atoms with Crippen molar-refractivity contribution < 1.29 is 9.47 Å². The van der Waals surface area contributed by atoms with Gasteiger partial charge in [-0.3, -0.25) is 0 Å². The maximum atomic E-state index is 5.43. The molecule has 1 aliphatic rings. The zero-order valence-electron chi connectivity index (χ0n) is 13.5. The van der Waals surface area contributed by atoms with E-state index in [1.54, 1.807) is 14.2 Å². The van der Waals surface area contributed by atoms with Crippen LogP contribution in [0.2, 0.25) is 0 Å². The standard InChI is InChI=1S/C17H27NO2S/c1-5-13(18-14-7-6-8-17(14)21-4)12-9-10-15(19-2)16(11-12)20-3/h9-11,13-14,17-18H,5-8H2,1-4H3. The average Bonchev–Trinajstić information content (AvgIpc) is 2.99. The Morgan fingerprint density at radius 2 is 2.00 bits per heavy atom. The Hall–Kier alpha value is -0.870. The van der Waals surface area contributed by atoms with Crippen molar-refractivity contribution in [1.29, 1.82) is 0 Å². The fourth-order valence-corrected chi connectivity index (χ4v) is 4.12. The van der Waals surface area contributed by atoms with Crippen LogP contribution >= 0.6 is 11.8 Å². The van der Waals surface area contributed by atoms with Gasteiger partial charge in [0.15, 0.2) is 11.5 Å². The lowest BCUT2D eigenvalue weighted by Gasteiger charge is -2.26. The zero-order valence-corrected chi connectivity index (χ0v) is 14.3. The number of hydrogen-bond donors (Lipinski definition) is 1. The second-order valence-corrected chi connectivity index (χ2v) is 6.63. The number of hydrogen-bond acceptors (Lipinski definition) is 4. The smallest absolute Gasteiger partial charge is 0.161 e. The molecule has 1 aromatic rings. The van der Waals surface area contributed by atoms with Crippen molar-refractivity contribution in [3.8, 4) is 11.5 Å². The summed E-state index contributed by atoms with van der Waals surface area (Å²) in [6.07, 6.45) is 7.26. The first-order valence-corrected chi connectivity index (χ1v) is 9.03. The fourth-order valence-electron chi connectivity index (χ4n) is 3.18. The van der Waals surface area contributed by atoms with E-state index in [0.717, 1.165) is 23.2 Å². The first-order valence-electron chi connectivity index (χ1n) is 7.74. The van der Waals surface area contributed by atoms with Crippen LogP contribution in [-0.4, -0.2) is 31.8 Å². The van der Waals surface area contributed by atoms with Crippen LogP contribution in [-0.2, 0) is 0 Å². The van der Waals surface area contributed by atoms with Crippen molar-refractivity contribution in [1.82, 2.24) is 5.32 Å². The van der Waals surface area contributed by atoms with E-state index >= 15 is 0 Å². The molecule has 1 N–H and O–H groups in total. The van der Waals surface area contributed by atoms with Gasteiger partial charge in [-0.05, 0) is 43.2 Å². The molecule has 0 aromatic heterocycles. The van der Waals surface area contributed by atoms with Gasteiger partial charge in [0.25, 0.3) is 0 Å². The molecule has 2 rings (SSSR count). The van der Waals surface area contributed by atoms with Gasteiger partial charge in [-0.15, -0.1) is 0 Å². The van der Waals surface area contributed by atoms with E-state index in [0.29, 0.717) is 12.1 Å². The van der Waals surface area contributed by atoms with Crippen LogP contribution in [0.4, 0.5) is 0 Å². The number of methoxy groups -OCH3 is 2. The van der Waals surface area contributed by atoms with Gasteiger partial charge >= 0.3 is 0 Å². The Kier molecular flexibility index (Phi) is 6.24. The second-order valence-electron chi connectivity index (χ2n) is 5.55. The van der Waals surface area contributed by atoms with Crippen LogP contribution in [0.25, 0.3) is 0 Å². The highest BCUT2D eigenvalue weighted by Crippen LogP contribution is 2.34. The van der Waals surface area contributed by atoms with Crippen LogP contribution in [0.1, 0.15) is 44.2 Å². The Morgan fingerprint density at radius 3 is 2.62 bits per heavy atom. The molecular weight excluding hydrogens is 282 g/mol. The number of benzene rings is 1. The van der Waals surface area contributed by atoms with Crippen molar-refractivity contribution in [3.05, 3.63) is 23.8 Å². The van der Waals surface area contributed by atoms with Gasteiger partial charge in [0, 0.05) is 17.3 Å². The van der Waals surface area contributed by atoms with Crippen LogP contribution in [0, 0.1) is 0 Å². The number of rotatable bonds is 7. The fraction of sp³-hybridized carbons (Fsp3) is 0.647. The van der Waals surface area contributed by atoms with Gasteiger partial charge in [0.05, 0.1) is 14.2 Å². The molecule has 3 nitrogen and oxygen atoms in total. The Labute approximate surface area is 132 Å². The van der Waals surface area contributed by atoms with Gasteiger partial charge in [-0.1, -0.05) is 19.4 Å². The minimum atomic E-state index is 0.377. The summed E-state index contributed by atoms with van der Waals surface area (Å²) in [7, 11) is 3.37. The summed E-state index contributed by atoms with van der Waals surface area (Å²) in [5.41, 5.74) is 1.28. The van der Waals surface area contributed by atoms with E-state index < -0.39 is 0 Å². The predicted molar refractivity (Wildman–Crippen MR) is 90.7 cm³/mol. The molecule has 0 saturated heterocycles. The first-order chi connectivity index (χ1) is 10.2. The highest BCUT2D eigenvalue weighted by atomic mass is 32.2. The third kappa shape index (κ3) is 3.86. The monoisotopic (exact) mass is 309 g/mol. The summed E-state index contributed by atoms with van der Waals surface area (Å²) in [5.74, 6) is 1.60. The molecule has 1 aromatic carbocycles. The summed E-state index contributed by atoms with van der Waals surface area (Å²) >= 11 is 1.99. The van der Waals surface area contributed by atoms with Crippen LogP contribution in [0.15, 0.2) is 18.2 Å². The molecule has 0 spiro atoms. The predicted octanol–water partition coefficient (Wildman–Crippen LogP) is 4.03. The van der Waals surface area contributed by atoms with Gasteiger partial charge in [-0.2, -0.15) is 11.8 Å². The first kappa shape index (κ1) is 16.5. The molecule has 1 aliphatic carbocycles. The molecule has 118 valence electrons. The van der Waals surface area contributed by atoms with Crippen LogP contribution in [0.3, 0.4) is 0 Å². The Bertz CT molecular complexity index is 452. The largest absolute Gasteiger partial charge is 0.493 e. The molecule has 21 heavy (non-hydrogen) atoms. The van der Waals surface area contributed by atoms with Gasteiger partial charge in [-0.25, -0.2) is 0 Å². The minimum absolute atomic E-state index is 0.377. The van der Waals surface area contributed by atoms with E-state index in [1.165, 1.54) is 24.8 Å². The average molecular weight is 309 g/mol. The Morgan fingerprint density at radius 1 is 1.24 bits per heavy atom.